The van der Waals surface area contributed by atoms with Gasteiger partial charge in [0.1, 0.15) is 13.2 Å². The summed E-state index contributed by atoms with van der Waals surface area (Å²) in [5.74, 6) is 0. The number of rotatable bonds is 18. The van der Waals surface area contributed by atoms with E-state index >= 15 is 0 Å². The van der Waals surface area contributed by atoms with E-state index in [9.17, 15) is 5.11 Å². The van der Waals surface area contributed by atoms with Gasteiger partial charge in [-0.25, -0.2) is 4.57 Å². The van der Waals surface area contributed by atoms with E-state index < -0.39 is 0 Å². The van der Waals surface area contributed by atoms with Crippen molar-refractivity contribution in [2.75, 3.05) is 0 Å². The molecule has 0 spiro atoms. The lowest BCUT2D eigenvalue weighted by Gasteiger charge is -2.04. The van der Waals surface area contributed by atoms with Crippen LogP contribution in [0.15, 0.2) is 24.4 Å². The van der Waals surface area contributed by atoms with E-state index in [2.05, 4.69) is 17.7 Å². The average Bonchev–Trinajstić information content (AvgIpc) is 2.68. The van der Waals surface area contributed by atoms with Crippen LogP contribution in [0.5, 0.6) is 0 Å². The number of aryl methyl sites for hydroxylation is 1. The molecule has 0 aliphatic heterocycles. The molecule has 1 rings (SSSR count). The molecule has 0 aromatic carbocycles. The van der Waals surface area contributed by atoms with Gasteiger partial charge in [-0.3, -0.25) is 0 Å². The van der Waals surface area contributed by atoms with Gasteiger partial charge >= 0.3 is 0 Å². The Morgan fingerprint density at radius 3 is 1.58 bits per heavy atom. The number of nitrogens with zero attached hydrogens (tertiary/aromatic N) is 1. The minimum Gasteiger partial charge on any atom is -0.385 e. The quantitative estimate of drug-likeness (QED) is 0.227. The van der Waals surface area contributed by atoms with Gasteiger partial charge in [0.05, 0.1) is 0 Å². The van der Waals surface area contributed by atoms with Crippen molar-refractivity contribution in [2.24, 2.45) is 0 Å². The zero-order chi connectivity index (χ0) is 18.7. The molecule has 150 valence electrons. The Labute approximate surface area is 163 Å². The molecule has 0 aliphatic carbocycles. The lowest BCUT2D eigenvalue weighted by molar-refractivity contribution is -0.706. The Kier molecular flexibility index (Phi) is 15.6. The molecule has 1 aromatic heterocycles. The SMILES string of the molecule is CCCCCCCCCCCCCCCCCC[n+]1ccccc1CO. The molecule has 0 aliphatic rings. The first kappa shape index (κ1) is 23.1. The predicted octanol–water partition coefficient (Wildman–Crippen LogP) is 6.73. The van der Waals surface area contributed by atoms with Crippen LogP contribution in [-0.2, 0) is 13.2 Å². The fourth-order valence-electron chi connectivity index (χ4n) is 3.70. The zero-order valence-electron chi connectivity index (χ0n) is 17.4. The van der Waals surface area contributed by atoms with Crippen molar-refractivity contribution in [1.29, 1.82) is 0 Å². The van der Waals surface area contributed by atoms with Crippen molar-refractivity contribution in [3.8, 4) is 0 Å². The number of unbranched alkanes of at least 4 members (excludes halogenated alkanes) is 15. The van der Waals surface area contributed by atoms with Crippen molar-refractivity contribution in [3.05, 3.63) is 30.1 Å². The molecular formula is C24H44NO+. The highest BCUT2D eigenvalue weighted by Crippen LogP contribution is 2.13. The standard InChI is InChI=1S/C24H44NO/c1-2-3-4-5-6-7-8-9-10-11-12-13-14-15-16-18-21-25-22-19-17-20-24(25)23-26/h17,19-20,22,26H,2-16,18,21,23H2,1H3/q+1. The van der Waals surface area contributed by atoms with E-state index in [1.807, 2.05) is 18.2 Å². The summed E-state index contributed by atoms with van der Waals surface area (Å²) in [6, 6.07) is 6.05. The predicted molar refractivity (Wildman–Crippen MR) is 112 cm³/mol. The molecule has 0 saturated heterocycles. The van der Waals surface area contributed by atoms with Gasteiger partial charge in [0.25, 0.3) is 0 Å². The smallest absolute Gasteiger partial charge is 0.206 e. The van der Waals surface area contributed by atoms with E-state index in [0.29, 0.717) is 0 Å². The maximum Gasteiger partial charge on any atom is 0.206 e. The van der Waals surface area contributed by atoms with Crippen molar-refractivity contribution in [2.45, 2.75) is 123 Å². The summed E-state index contributed by atoms with van der Waals surface area (Å²) in [7, 11) is 0. The largest absolute Gasteiger partial charge is 0.385 e. The minimum absolute atomic E-state index is 0.139. The van der Waals surface area contributed by atoms with Crippen LogP contribution >= 0.6 is 0 Å². The van der Waals surface area contributed by atoms with Gasteiger partial charge in [0.2, 0.25) is 5.69 Å². The number of pyridine rings is 1. The summed E-state index contributed by atoms with van der Waals surface area (Å²) in [6.45, 7) is 3.46. The van der Waals surface area contributed by atoms with Crippen molar-refractivity contribution in [1.82, 2.24) is 0 Å². The van der Waals surface area contributed by atoms with Gasteiger partial charge in [0.15, 0.2) is 6.20 Å². The van der Waals surface area contributed by atoms with Crippen molar-refractivity contribution in [3.63, 3.8) is 0 Å². The lowest BCUT2D eigenvalue weighted by atomic mass is 10.0. The molecule has 1 N–H and O–H groups in total. The fraction of sp³-hybridized carbons (Fsp3) is 0.792. The first-order chi connectivity index (χ1) is 12.9. The van der Waals surface area contributed by atoms with Crippen LogP contribution in [0.2, 0.25) is 0 Å². The van der Waals surface area contributed by atoms with Gasteiger partial charge in [-0.05, 0) is 6.42 Å². The van der Waals surface area contributed by atoms with Gasteiger partial charge in [-0.15, -0.1) is 0 Å². The van der Waals surface area contributed by atoms with Crippen molar-refractivity contribution >= 4 is 0 Å². The minimum atomic E-state index is 0.139. The van der Waals surface area contributed by atoms with Gasteiger partial charge in [-0.2, -0.15) is 0 Å². The molecule has 0 amide bonds. The Bertz CT molecular complexity index is 418. The summed E-state index contributed by atoms with van der Waals surface area (Å²) in [5, 5.41) is 9.33. The molecular weight excluding hydrogens is 318 g/mol. The lowest BCUT2D eigenvalue weighted by Crippen LogP contribution is -2.37. The molecule has 1 heterocycles. The second-order valence-corrected chi connectivity index (χ2v) is 7.85. The van der Waals surface area contributed by atoms with Gasteiger partial charge in [0, 0.05) is 18.6 Å². The van der Waals surface area contributed by atoms with Crippen molar-refractivity contribution < 1.29 is 9.67 Å². The van der Waals surface area contributed by atoms with Crippen LogP contribution in [0.3, 0.4) is 0 Å². The Balaban J connectivity index is 1.80. The Morgan fingerprint density at radius 1 is 0.654 bits per heavy atom. The summed E-state index contributed by atoms with van der Waals surface area (Å²) in [6.07, 6.45) is 24.6. The highest BCUT2D eigenvalue weighted by Gasteiger charge is 2.06. The summed E-state index contributed by atoms with van der Waals surface area (Å²) >= 11 is 0. The van der Waals surface area contributed by atoms with Gasteiger partial charge < -0.3 is 5.11 Å². The molecule has 0 fully saturated rings. The van der Waals surface area contributed by atoms with E-state index in [0.717, 1.165) is 12.2 Å². The van der Waals surface area contributed by atoms with Gasteiger partial charge in [-0.1, -0.05) is 103 Å². The van der Waals surface area contributed by atoms with E-state index in [4.69, 9.17) is 0 Å². The Hall–Kier alpha value is -0.890. The molecule has 26 heavy (non-hydrogen) atoms. The van der Waals surface area contributed by atoms with Crippen LogP contribution in [0.25, 0.3) is 0 Å². The molecule has 0 atom stereocenters. The molecule has 0 radical (unpaired) electrons. The highest BCUT2D eigenvalue weighted by atomic mass is 16.3. The summed E-state index contributed by atoms with van der Waals surface area (Å²) in [4.78, 5) is 0. The molecule has 2 heteroatoms. The maximum atomic E-state index is 9.33. The second kappa shape index (κ2) is 17.5. The van der Waals surface area contributed by atoms with Crippen LogP contribution in [0.1, 0.15) is 115 Å². The average molecular weight is 363 g/mol. The first-order valence-corrected chi connectivity index (χ1v) is 11.5. The highest BCUT2D eigenvalue weighted by molar-refractivity contribution is 4.95. The van der Waals surface area contributed by atoms with E-state index in [-0.39, 0.29) is 6.61 Å². The number of aliphatic hydroxyl groups excluding tert-OH is 1. The third kappa shape index (κ3) is 12.5. The number of aromatic nitrogens is 1. The zero-order valence-corrected chi connectivity index (χ0v) is 17.4. The summed E-state index contributed by atoms with van der Waals surface area (Å²) < 4.78 is 2.18. The second-order valence-electron chi connectivity index (χ2n) is 7.85. The Morgan fingerprint density at radius 2 is 1.12 bits per heavy atom. The third-order valence-corrected chi connectivity index (χ3v) is 5.45. The van der Waals surface area contributed by atoms with Crippen LogP contribution in [0, 0.1) is 0 Å². The van der Waals surface area contributed by atoms with E-state index in [1.54, 1.807) is 0 Å². The third-order valence-electron chi connectivity index (χ3n) is 5.45. The van der Waals surface area contributed by atoms with Crippen LogP contribution < -0.4 is 4.57 Å². The van der Waals surface area contributed by atoms with Crippen LogP contribution in [0.4, 0.5) is 0 Å². The maximum absolute atomic E-state index is 9.33. The number of hydrogen-bond acceptors (Lipinski definition) is 1. The normalized spacial score (nSPS) is 11.2. The fourth-order valence-corrected chi connectivity index (χ4v) is 3.70. The topological polar surface area (TPSA) is 24.1 Å². The number of hydrogen-bond donors (Lipinski definition) is 1. The molecule has 0 unspecified atom stereocenters. The van der Waals surface area contributed by atoms with E-state index in [1.165, 1.54) is 103 Å². The van der Waals surface area contributed by atoms with Crippen LogP contribution in [-0.4, -0.2) is 5.11 Å². The molecule has 2 nitrogen and oxygen atoms in total. The monoisotopic (exact) mass is 362 g/mol. The molecule has 0 bridgehead atoms. The first-order valence-electron chi connectivity index (χ1n) is 11.5. The molecule has 0 saturated carbocycles. The number of aliphatic hydroxyl groups is 1. The molecule has 1 aromatic rings. The summed E-state index contributed by atoms with van der Waals surface area (Å²) in [5.41, 5.74) is 1.02.